The molecule has 12 heteroatoms. The van der Waals surface area contributed by atoms with E-state index in [-0.39, 0.29) is 37.9 Å². The highest BCUT2D eigenvalue weighted by Gasteiger charge is 2.67. The molecule has 2 aliphatic rings. The molecule has 1 aromatic rings. The average molecular weight is 684 g/mol. The largest absolute Gasteiger partial charge is 0.481 e. The second-order valence-corrected chi connectivity index (χ2v) is 14.2. The first kappa shape index (κ1) is 40.1. The van der Waals surface area contributed by atoms with Gasteiger partial charge in [0.1, 0.15) is 17.5 Å². The number of Topliss-reactive ketones (excluding diaryl/α,β-unsaturated/α-hetero) is 3. The van der Waals surface area contributed by atoms with Crippen LogP contribution in [0.15, 0.2) is 30.3 Å². The van der Waals surface area contributed by atoms with Gasteiger partial charge in [-0.25, -0.2) is 0 Å². The lowest BCUT2D eigenvalue weighted by molar-refractivity contribution is -0.163. The summed E-state index contributed by atoms with van der Waals surface area (Å²) in [5.74, 6) is -5.69. The quantitative estimate of drug-likeness (QED) is 0.0625. The highest BCUT2D eigenvalue weighted by Crippen LogP contribution is 2.49. The predicted molar refractivity (Wildman–Crippen MR) is 186 cm³/mol. The van der Waals surface area contributed by atoms with Crippen LogP contribution in [0.2, 0.25) is 0 Å². The van der Waals surface area contributed by atoms with Crippen LogP contribution in [-0.4, -0.2) is 70.8 Å². The summed E-state index contributed by atoms with van der Waals surface area (Å²) in [4.78, 5) is 83.6. The third kappa shape index (κ3) is 9.90. The molecule has 49 heavy (non-hydrogen) atoms. The molecule has 3 rings (SSSR count). The van der Waals surface area contributed by atoms with Crippen molar-refractivity contribution in [1.82, 2.24) is 5.32 Å². The Morgan fingerprint density at radius 1 is 0.878 bits per heavy atom. The number of aryl methyl sites for hydroxylation is 1. The zero-order valence-corrected chi connectivity index (χ0v) is 28.8. The van der Waals surface area contributed by atoms with Gasteiger partial charge in [-0.1, -0.05) is 88.1 Å². The lowest BCUT2D eigenvalue weighted by Gasteiger charge is -2.50. The van der Waals surface area contributed by atoms with E-state index in [9.17, 15) is 29.1 Å². The fourth-order valence-electron chi connectivity index (χ4n) is 8.09. The molecular weight excluding hydrogens is 626 g/mol. The Labute approximate surface area is 289 Å². The number of amides is 1. The molecule has 1 aromatic carbocycles. The van der Waals surface area contributed by atoms with Gasteiger partial charge in [0, 0.05) is 6.42 Å². The van der Waals surface area contributed by atoms with E-state index in [1.165, 1.54) is 0 Å². The SMILES string of the molecule is NCCCC[C@H](N)C(=O)N[C@@H](CC(=O)O)C(=O)C(C(=O)CCc1ccccc1)(C1CCCCC1)[C@](N)(C=O)C(=O)[C@@H](N)CC1CCCCC1. The summed E-state index contributed by atoms with van der Waals surface area (Å²) in [5.41, 5.74) is 20.7. The summed E-state index contributed by atoms with van der Waals surface area (Å²) >= 11 is 0. The molecule has 2 aliphatic carbocycles. The van der Waals surface area contributed by atoms with Crippen molar-refractivity contribution in [2.24, 2.45) is 40.2 Å². The van der Waals surface area contributed by atoms with Gasteiger partial charge in [0.2, 0.25) is 5.91 Å². The van der Waals surface area contributed by atoms with Crippen molar-refractivity contribution in [3.63, 3.8) is 0 Å². The smallest absolute Gasteiger partial charge is 0.305 e. The Kier molecular flexibility index (Phi) is 15.7. The van der Waals surface area contributed by atoms with Crippen LogP contribution < -0.4 is 28.3 Å². The number of hydrogen-bond donors (Lipinski definition) is 6. The van der Waals surface area contributed by atoms with Gasteiger partial charge in [-0.3, -0.25) is 24.0 Å². The van der Waals surface area contributed by atoms with Gasteiger partial charge in [0.25, 0.3) is 0 Å². The number of benzene rings is 1. The number of carbonyl (C=O) groups is 6. The lowest BCUT2D eigenvalue weighted by atomic mass is 9.51. The zero-order valence-electron chi connectivity index (χ0n) is 28.8. The van der Waals surface area contributed by atoms with Crippen molar-refractivity contribution < 1.29 is 33.9 Å². The van der Waals surface area contributed by atoms with Crippen molar-refractivity contribution >= 4 is 35.5 Å². The van der Waals surface area contributed by atoms with E-state index >= 15 is 4.79 Å². The summed E-state index contributed by atoms with van der Waals surface area (Å²) in [6.45, 7) is 0.394. The van der Waals surface area contributed by atoms with Crippen molar-refractivity contribution in [3.8, 4) is 0 Å². The van der Waals surface area contributed by atoms with Gasteiger partial charge >= 0.3 is 5.97 Å². The number of ketones is 3. The average Bonchev–Trinajstić information content (AvgIpc) is 3.11. The topological polar surface area (TPSA) is 239 Å². The normalized spacial score (nSPS) is 20.2. The third-order valence-corrected chi connectivity index (χ3v) is 10.7. The number of hydrogen-bond acceptors (Lipinski definition) is 10. The van der Waals surface area contributed by atoms with E-state index in [1.807, 2.05) is 18.2 Å². The second kappa shape index (κ2) is 19.2. The predicted octanol–water partition coefficient (Wildman–Crippen LogP) is 2.50. The van der Waals surface area contributed by atoms with Crippen LogP contribution in [0, 0.1) is 17.3 Å². The number of unbranched alkanes of at least 4 members (excludes halogenated alkanes) is 1. The van der Waals surface area contributed by atoms with Crippen LogP contribution >= 0.6 is 0 Å². The van der Waals surface area contributed by atoms with Gasteiger partial charge in [-0.05, 0) is 62.5 Å². The van der Waals surface area contributed by atoms with Crippen LogP contribution in [0.3, 0.4) is 0 Å². The molecular formula is C37H57N5O7. The standard InChI is InChI=1S/C37H57N5O7/c38-21-11-10-18-28(39)35(49)42-30(23-32(45)46)34(48)37(27-16-8-3-9-17-27,31(44)20-19-25-12-4-1-5-13-25)36(41,24-43)33(47)29(40)22-26-14-6-2-7-15-26/h1,4-5,12-13,24,26-30H,2-3,6-11,14-23,38-41H2,(H,42,49)(H,45,46)/t28-,29-,30-,36-,37?/m0/s1. The summed E-state index contributed by atoms with van der Waals surface area (Å²) in [7, 11) is 0. The number of nitrogens with two attached hydrogens (primary N) is 4. The molecule has 0 aromatic heterocycles. The van der Waals surface area contributed by atoms with E-state index in [1.54, 1.807) is 12.1 Å². The molecule has 2 fully saturated rings. The lowest BCUT2D eigenvalue weighted by Crippen LogP contribution is -2.75. The monoisotopic (exact) mass is 683 g/mol. The number of carboxylic acids is 1. The minimum atomic E-state index is -2.71. The zero-order chi connectivity index (χ0) is 36.0. The van der Waals surface area contributed by atoms with E-state index in [0.717, 1.165) is 44.1 Å². The highest BCUT2D eigenvalue weighted by molar-refractivity contribution is 6.22. The fourth-order valence-corrected chi connectivity index (χ4v) is 8.09. The summed E-state index contributed by atoms with van der Waals surface area (Å²) in [6.07, 6.45) is 8.19. The molecule has 0 radical (unpaired) electrons. The number of aldehydes is 1. The maximum absolute atomic E-state index is 15.2. The van der Waals surface area contributed by atoms with Crippen LogP contribution in [-0.2, 0) is 35.2 Å². The second-order valence-electron chi connectivity index (χ2n) is 14.2. The van der Waals surface area contributed by atoms with Crippen LogP contribution in [0.5, 0.6) is 0 Å². The summed E-state index contributed by atoms with van der Waals surface area (Å²) in [6, 6.07) is 4.95. The molecule has 0 aliphatic heterocycles. The summed E-state index contributed by atoms with van der Waals surface area (Å²) < 4.78 is 0. The molecule has 12 nitrogen and oxygen atoms in total. The van der Waals surface area contributed by atoms with Gasteiger partial charge in [-0.15, -0.1) is 0 Å². The van der Waals surface area contributed by atoms with E-state index in [0.29, 0.717) is 45.1 Å². The van der Waals surface area contributed by atoms with Crippen LogP contribution in [0.4, 0.5) is 0 Å². The van der Waals surface area contributed by atoms with Crippen molar-refractivity contribution in [3.05, 3.63) is 35.9 Å². The minimum Gasteiger partial charge on any atom is -0.481 e. The molecule has 0 saturated heterocycles. The number of nitrogens with one attached hydrogen (secondary N) is 1. The minimum absolute atomic E-state index is 0.122. The van der Waals surface area contributed by atoms with E-state index in [4.69, 9.17) is 22.9 Å². The van der Waals surface area contributed by atoms with Gasteiger partial charge in [0.15, 0.2) is 17.1 Å². The molecule has 0 spiro atoms. The first-order valence-electron chi connectivity index (χ1n) is 18.1. The van der Waals surface area contributed by atoms with Crippen LogP contribution in [0.1, 0.15) is 108 Å². The van der Waals surface area contributed by atoms with Crippen molar-refractivity contribution in [2.75, 3.05) is 6.54 Å². The first-order chi connectivity index (χ1) is 23.4. The van der Waals surface area contributed by atoms with E-state index < -0.39 is 70.6 Å². The maximum atomic E-state index is 15.2. The van der Waals surface area contributed by atoms with Gasteiger partial charge in [0.05, 0.1) is 24.5 Å². The van der Waals surface area contributed by atoms with Crippen molar-refractivity contribution in [1.29, 1.82) is 0 Å². The Bertz CT molecular complexity index is 1280. The Morgan fingerprint density at radius 3 is 2.06 bits per heavy atom. The Morgan fingerprint density at radius 2 is 1.49 bits per heavy atom. The molecule has 2 saturated carbocycles. The number of aliphatic carboxylic acids is 1. The Hall–Kier alpha value is -3.32. The van der Waals surface area contributed by atoms with Crippen molar-refractivity contribution in [2.45, 2.75) is 133 Å². The summed E-state index contributed by atoms with van der Waals surface area (Å²) in [5, 5.41) is 12.4. The molecule has 5 atom stereocenters. The first-order valence-corrected chi connectivity index (χ1v) is 18.1. The highest BCUT2D eigenvalue weighted by atomic mass is 16.4. The number of carboxylic acid groups (broad SMARTS) is 1. The third-order valence-electron chi connectivity index (χ3n) is 10.7. The number of carbonyl (C=O) groups excluding carboxylic acids is 5. The molecule has 10 N–H and O–H groups in total. The van der Waals surface area contributed by atoms with Gasteiger partial charge < -0.3 is 38.2 Å². The fraction of sp³-hybridized carbons (Fsp3) is 0.676. The number of rotatable bonds is 21. The Balaban J connectivity index is 2.17. The molecule has 0 heterocycles. The molecule has 0 bridgehead atoms. The maximum Gasteiger partial charge on any atom is 0.305 e. The van der Waals surface area contributed by atoms with Gasteiger partial charge in [-0.2, -0.15) is 0 Å². The molecule has 272 valence electrons. The van der Waals surface area contributed by atoms with Crippen LogP contribution in [0.25, 0.3) is 0 Å². The molecule has 1 unspecified atom stereocenters. The molecule has 1 amide bonds. The van der Waals surface area contributed by atoms with E-state index in [2.05, 4.69) is 5.32 Å².